The summed E-state index contributed by atoms with van der Waals surface area (Å²) < 4.78 is 0. The second kappa shape index (κ2) is 6.85. The molecule has 0 aliphatic carbocycles. The van der Waals surface area contributed by atoms with Crippen molar-refractivity contribution < 1.29 is 9.59 Å². The maximum atomic E-state index is 12.1. The maximum absolute atomic E-state index is 12.1. The highest BCUT2D eigenvalue weighted by atomic mass is 32.1. The first-order chi connectivity index (χ1) is 9.58. The molecule has 3 atom stereocenters. The third kappa shape index (κ3) is 3.80. The summed E-state index contributed by atoms with van der Waals surface area (Å²) >= 11 is 1.37. The molecule has 0 radical (unpaired) electrons. The number of hydrogen-bond donors (Lipinski definition) is 3. The molecule has 3 N–H and O–H groups in total. The Bertz CT molecular complexity index is 461. The van der Waals surface area contributed by atoms with E-state index < -0.39 is 6.04 Å². The van der Waals surface area contributed by atoms with E-state index in [2.05, 4.69) is 22.9 Å². The number of amides is 2. The van der Waals surface area contributed by atoms with Crippen molar-refractivity contribution in [3.8, 4) is 0 Å². The Hall–Kier alpha value is -1.40. The van der Waals surface area contributed by atoms with Gasteiger partial charge in [0.2, 0.25) is 5.91 Å². The minimum atomic E-state index is -0.529. The van der Waals surface area contributed by atoms with Gasteiger partial charge in [0.25, 0.3) is 5.91 Å². The van der Waals surface area contributed by atoms with Crippen molar-refractivity contribution in [1.29, 1.82) is 0 Å². The molecule has 1 saturated heterocycles. The van der Waals surface area contributed by atoms with Crippen LogP contribution in [0, 0.1) is 5.92 Å². The Labute approximate surface area is 123 Å². The lowest BCUT2D eigenvalue weighted by atomic mass is 9.94. The van der Waals surface area contributed by atoms with Crippen molar-refractivity contribution in [1.82, 2.24) is 16.0 Å². The first-order valence-electron chi connectivity index (χ1n) is 6.93. The summed E-state index contributed by atoms with van der Waals surface area (Å²) in [7, 11) is 0. The SMILES string of the molecule is CC(NC(=O)c1cccs1)C(=O)NC1CNCCC1C. The van der Waals surface area contributed by atoms with Crippen LogP contribution >= 0.6 is 11.3 Å². The van der Waals surface area contributed by atoms with Crippen molar-refractivity contribution in [3.05, 3.63) is 22.4 Å². The molecule has 110 valence electrons. The van der Waals surface area contributed by atoms with Crippen LogP contribution in [-0.4, -0.2) is 37.0 Å². The van der Waals surface area contributed by atoms with Crippen molar-refractivity contribution in [2.24, 2.45) is 5.92 Å². The fourth-order valence-electron chi connectivity index (χ4n) is 2.23. The van der Waals surface area contributed by atoms with E-state index in [0.29, 0.717) is 10.8 Å². The van der Waals surface area contributed by atoms with Crippen LogP contribution in [0.3, 0.4) is 0 Å². The van der Waals surface area contributed by atoms with Gasteiger partial charge in [-0.05, 0) is 37.3 Å². The third-order valence-corrected chi connectivity index (χ3v) is 4.51. The smallest absolute Gasteiger partial charge is 0.261 e. The zero-order valence-corrected chi connectivity index (χ0v) is 12.6. The first-order valence-corrected chi connectivity index (χ1v) is 7.81. The number of nitrogens with one attached hydrogen (secondary N) is 3. The van der Waals surface area contributed by atoms with E-state index in [1.54, 1.807) is 13.0 Å². The van der Waals surface area contributed by atoms with Crippen LogP contribution in [0.5, 0.6) is 0 Å². The highest BCUT2D eigenvalue weighted by Crippen LogP contribution is 2.11. The van der Waals surface area contributed by atoms with Gasteiger partial charge in [0, 0.05) is 12.6 Å². The molecule has 1 aliphatic heterocycles. The van der Waals surface area contributed by atoms with Crippen molar-refractivity contribution in [2.45, 2.75) is 32.4 Å². The molecule has 1 aromatic heterocycles. The van der Waals surface area contributed by atoms with Crippen LogP contribution in [0.2, 0.25) is 0 Å². The summed E-state index contributed by atoms with van der Waals surface area (Å²) in [5.41, 5.74) is 0. The second-order valence-electron chi connectivity index (χ2n) is 5.26. The van der Waals surface area contributed by atoms with E-state index in [-0.39, 0.29) is 17.9 Å². The minimum Gasteiger partial charge on any atom is -0.350 e. The highest BCUT2D eigenvalue weighted by Gasteiger charge is 2.25. The molecule has 5 nitrogen and oxygen atoms in total. The minimum absolute atomic E-state index is 0.129. The molecule has 1 aliphatic rings. The van der Waals surface area contributed by atoms with Crippen molar-refractivity contribution >= 4 is 23.2 Å². The van der Waals surface area contributed by atoms with Gasteiger partial charge in [-0.25, -0.2) is 0 Å². The van der Waals surface area contributed by atoms with E-state index >= 15 is 0 Å². The molecule has 3 unspecified atom stereocenters. The van der Waals surface area contributed by atoms with Gasteiger partial charge in [-0.3, -0.25) is 9.59 Å². The lowest BCUT2D eigenvalue weighted by molar-refractivity contribution is -0.123. The first kappa shape index (κ1) is 15.0. The molecule has 20 heavy (non-hydrogen) atoms. The molecule has 2 amide bonds. The standard InChI is InChI=1S/C14H21N3O2S/c1-9-5-6-15-8-11(9)17-13(18)10(2)16-14(19)12-4-3-7-20-12/h3-4,7,9-11,15H,5-6,8H2,1-2H3,(H,16,19)(H,17,18). The predicted octanol–water partition coefficient (Wildman–Crippen LogP) is 0.981. The van der Waals surface area contributed by atoms with Crippen LogP contribution in [0.15, 0.2) is 17.5 Å². The van der Waals surface area contributed by atoms with E-state index in [4.69, 9.17) is 0 Å². The van der Waals surface area contributed by atoms with Crippen LogP contribution in [-0.2, 0) is 4.79 Å². The number of rotatable bonds is 4. The molecule has 6 heteroatoms. The van der Waals surface area contributed by atoms with E-state index in [0.717, 1.165) is 19.5 Å². The van der Waals surface area contributed by atoms with Crippen LogP contribution in [0.4, 0.5) is 0 Å². The molecule has 1 aromatic rings. The quantitative estimate of drug-likeness (QED) is 0.775. The summed E-state index contributed by atoms with van der Waals surface area (Å²) in [6, 6.07) is 3.17. The molecular weight excluding hydrogens is 274 g/mol. The Morgan fingerprint density at radius 1 is 1.50 bits per heavy atom. The van der Waals surface area contributed by atoms with Gasteiger partial charge in [-0.1, -0.05) is 13.0 Å². The monoisotopic (exact) mass is 295 g/mol. The molecule has 2 heterocycles. The van der Waals surface area contributed by atoms with Crippen molar-refractivity contribution in [3.63, 3.8) is 0 Å². The Morgan fingerprint density at radius 2 is 2.30 bits per heavy atom. The van der Waals surface area contributed by atoms with Crippen LogP contribution in [0.25, 0.3) is 0 Å². The summed E-state index contributed by atoms with van der Waals surface area (Å²) in [5.74, 6) is 0.133. The Kier molecular flexibility index (Phi) is 5.14. The molecular formula is C14H21N3O2S. The fraction of sp³-hybridized carbons (Fsp3) is 0.571. The van der Waals surface area contributed by atoms with Gasteiger partial charge in [-0.15, -0.1) is 11.3 Å². The molecule has 0 spiro atoms. The normalized spacial score (nSPS) is 23.9. The Morgan fingerprint density at radius 3 is 2.95 bits per heavy atom. The van der Waals surface area contributed by atoms with E-state index in [1.165, 1.54) is 11.3 Å². The molecule has 1 fully saturated rings. The summed E-state index contributed by atoms with van der Waals surface area (Å²) in [6.07, 6.45) is 1.06. The predicted molar refractivity (Wildman–Crippen MR) is 79.8 cm³/mol. The highest BCUT2D eigenvalue weighted by molar-refractivity contribution is 7.12. The number of carbonyl (C=O) groups excluding carboxylic acids is 2. The zero-order chi connectivity index (χ0) is 14.5. The van der Waals surface area contributed by atoms with Gasteiger partial charge in [0.1, 0.15) is 6.04 Å². The van der Waals surface area contributed by atoms with Gasteiger partial charge in [-0.2, -0.15) is 0 Å². The fourth-order valence-corrected chi connectivity index (χ4v) is 2.86. The lowest BCUT2D eigenvalue weighted by Crippen LogP contribution is -2.54. The summed E-state index contributed by atoms with van der Waals surface area (Å²) in [5, 5.41) is 10.8. The number of piperidine rings is 1. The van der Waals surface area contributed by atoms with Crippen molar-refractivity contribution in [2.75, 3.05) is 13.1 Å². The lowest BCUT2D eigenvalue weighted by Gasteiger charge is -2.31. The van der Waals surface area contributed by atoms with E-state index in [1.807, 2.05) is 11.4 Å². The van der Waals surface area contributed by atoms with Gasteiger partial charge in [0.05, 0.1) is 4.88 Å². The molecule has 0 bridgehead atoms. The number of thiophene rings is 1. The second-order valence-corrected chi connectivity index (χ2v) is 6.21. The molecule has 2 rings (SSSR count). The topological polar surface area (TPSA) is 70.2 Å². The molecule has 0 saturated carbocycles. The molecule has 0 aromatic carbocycles. The average Bonchev–Trinajstić information content (AvgIpc) is 2.95. The van der Waals surface area contributed by atoms with Gasteiger partial charge < -0.3 is 16.0 Å². The van der Waals surface area contributed by atoms with Gasteiger partial charge >= 0.3 is 0 Å². The third-order valence-electron chi connectivity index (χ3n) is 3.64. The Balaban J connectivity index is 1.84. The zero-order valence-electron chi connectivity index (χ0n) is 11.8. The van der Waals surface area contributed by atoms with Crippen LogP contribution < -0.4 is 16.0 Å². The maximum Gasteiger partial charge on any atom is 0.261 e. The van der Waals surface area contributed by atoms with E-state index in [9.17, 15) is 9.59 Å². The summed E-state index contributed by atoms with van der Waals surface area (Å²) in [6.45, 7) is 5.64. The number of hydrogen-bond acceptors (Lipinski definition) is 4. The summed E-state index contributed by atoms with van der Waals surface area (Å²) in [4.78, 5) is 24.6. The average molecular weight is 295 g/mol. The number of carbonyl (C=O) groups is 2. The van der Waals surface area contributed by atoms with Gasteiger partial charge in [0.15, 0.2) is 0 Å². The largest absolute Gasteiger partial charge is 0.350 e. The van der Waals surface area contributed by atoms with Crippen LogP contribution in [0.1, 0.15) is 29.9 Å².